The summed E-state index contributed by atoms with van der Waals surface area (Å²) >= 11 is 0. The number of ether oxygens (including phenoxy) is 1. The first-order valence-electron chi connectivity index (χ1n) is 5.59. The molecule has 0 bridgehead atoms. The van der Waals surface area contributed by atoms with Crippen molar-refractivity contribution in [2.24, 2.45) is 0 Å². The van der Waals surface area contributed by atoms with Gasteiger partial charge in [-0.1, -0.05) is 11.6 Å². The van der Waals surface area contributed by atoms with Crippen LogP contribution in [-0.4, -0.2) is 19.8 Å². The Bertz CT molecular complexity index is 432. The molecule has 0 unspecified atom stereocenters. The molecule has 1 rings (SSSR count). The number of hydrogen-bond donors (Lipinski definition) is 0. The molecule has 1 aromatic carbocycles. The average molecular weight is 324 g/mol. The van der Waals surface area contributed by atoms with Gasteiger partial charge in [-0.25, -0.2) is 0 Å². The second-order valence-corrected chi connectivity index (χ2v) is 4.16. The largest absolute Gasteiger partial charge is 1.00 e. The Labute approximate surface area is 155 Å². The van der Waals surface area contributed by atoms with E-state index in [2.05, 4.69) is 0 Å². The Kier molecular flexibility index (Phi) is 8.19. The zero-order valence-electron chi connectivity index (χ0n) is 11.1. The van der Waals surface area contributed by atoms with Crippen molar-refractivity contribution in [2.45, 2.75) is 25.9 Å². The molecule has 0 saturated heterocycles. The average Bonchev–Trinajstić information content (AvgIpc) is 2.21. The Morgan fingerprint density at radius 3 is 2.20 bits per heavy atom. The van der Waals surface area contributed by atoms with E-state index in [1.165, 1.54) is 13.0 Å². The first kappa shape index (κ1) is 20.3. The van der Waals surface area contributed by atoms with Gasteiger partial charge in [-0.3, -0.25) is 0 Å². The van der Waals surface area contributed by atoms with Crippen LogP contribution in [0, 0.1) is 6.92 Å². The number of hydrogen-bond acceptors (Lipinski definition) is 1. The van der Waals surface area contributed by atoms with Crippen molar-refractivity contribution in [3.05, 3.63) is 23.8 Å². The molecule has 1 aromatic rings. The quantitative estimate of drug-likeness (QED) is 0.442. The van der Waals surface area contributed by atoms with Crippen LogP contribution in [0.4, 0.5) is 26.1 Å². The summed E-state index contributed by atoms with van der Waals surface area (Å²) in [6.45, 7) is -3.99. The molecular weight excluding hydrogens is 312 g/mol. The van der Waals surface area contributed by atoms with Crippen molar-refractivity contribution in [3.8, 4) is 5.75 Å². The number of alkyl halides is 3. The van der Waals surface area contributed by atoms with Crippen molar-refractivity contribution < 1.29 is 82.2 Å². The second-order valence-electron chi connectivity index (χ2n) is 4.16. The van der Waals surface area contributed by atoms with E-state index in [1.807, 2.05) is 0 Å². The maximum absolute atomic E-state index is 12.5. The normalized spacial score (nSPS) is 11.9. The molecule has 9 heteroatoms. The molecule has 0 amide bonds. The van der Waals surface area contributed by atoms with Crippen LogP contribution in [0.15, 0.2) is 18.2 Å². The van der Waals surface area contributed by atoms with Gasteiger partial charge in [-0.05, 0) is 25.5 Å². The van der Waals surface area contributed by atoms with Crippen LogP contribution in [0.3, 0.4) is 0 Å². The molecule has 0 saturated carbocycles. The smallest absolute Gasteiger partial charge is 0.494 e. The van der Waals surface area contributed by atoms with Crippen molar-refractivity contribution >= 4 is 12.4 Å². The van der Waals surface area contributed by atoms with E-state index in [1.54, 1.807) is 0 Å². The summed E-state index contributed by atoms with van der Waals surface area (Å²) in [5, 5.41) is 0. The molecule has 0 aliphatic heterocycles. The minimum absolute atomic E-state index is 0. The van der Waals surface area contributed by atoms with Crippen LogP contribution in [0.25, 0.3) is 0 Å². The minimum atomic E-state index is -5.09. The number of benzene rings is 1. The molecule has 0 heterocycles. The summed E-state index contributed by atoms with van der Waals surface area (Å²) in [4.78, 5) is 0. The first-order valence-corrected chi connectivity index (χ1v) is 5.59. The molecule has 0 aromatic heterocycles. The van der Waals surface area contributed by atoms with E-state index in [-0.39, 0.29) is 75.7 Å². The van der Waals surface area contributed by atoms with E-state index in [9.17, 15) is 26.1 Å². The molecule has 0 aliphatic rings. The Morgan fingerprint density at radius 2 is 1.75 bits per heavy atom. The van der Waals surface area contributed by atoms with Gasteiger partial charge in [0.15, 0.2) is 0 Å². The van der Waals surface area contributed by atoms with Crippen LogP contribution < -0.4 is 61.6 Å². The Morgan fingerprint density at radius 1 is 1.15 bits per heavy atom. The molecule has 0 radical (unpaired) electrons. The summed E-state index contributed by atoms with van der Waals surface area (Å²) in [5.41, 5.74) is -0.719. The van der Waals surface area contributed by atoms with Crippen molar-refractivity contribution in [2.75, 3.05) is 6.61 Å². The van der Waals surface area contributed by atoms with Crippen LogP contribution in [0.2, 0.25) is 0 Å². The maximum atomic E-state index is 12.5. The molecule has 0 N–H and O–H groups in total. The van der Waals surface area contributed by atoms with Gasteiger partial charge in [0, 0.05) is 6.42 Å². The molecular formula is C11H12BF6KO. The zero-order valence-corrected chi connectivity index (χ0v) is 14.2. The molecule has 20 heavy (non-hydrogen) atoms. The van der Waals surface area contributed by atoms with Gasteiger partial charge >= 0.3 is 64.5 Å². The Hall–Kier alpha value is 0.301. The van der Waals surface area contributed by atoms with Crippen LogP contribution in [0.1, 0.15) is 18.4 Å². The molecule has 1 nitrogen and oxygen atoms in total. The molecule has 0 spiro atoms. The summed E-state index contributed by atoms with van der Waals surface area (Å²) in [6, 6.07) is 3.18. The van der Waals surface area contributed by atoms with Crippen molar-refractivity contribution in [1.29, 1.82) is 0 Å². The number of rotatable bonds is 5. The zero-order chi connectivity index (χ0) is 14.7. The van der Waals surface area contributed by atoms with Gasteiger partial charge in [0.2, 0.25) is 0 Å². The fourth-order valence-electron chi connectivity index (χ4n) is 1.57. The van der Waals surface area contributed by atoms with E-state index in [0.29, 0.717) is 0 Å². The van der Waals surface area contributed by atoms with Crippen molar-refractivity contribution in [1.82, 2.24) is 0 Å². The first-order chi connectivity index (χ1) is 8.59. The molecule has 0 aliphatic carbocycles. The minimum Gasteiger partial charge on any atom is -0.494 e. The van der Waals surface area contributed by atoms with Crippen molar-refractivity contribution in [3.63, 3.8) is 0 Å². The van der Waals surface area contributed by atoms with E-state index in [4.69, 9.17) is 4.74 Å². The van der Waals surface area contributed by atoms with Gasteiger partial charge in [0.1, 0.15) is 5.75 Å². The topological polar surface area (TPSA) is 9.23 Å². The van der Waals surface area contributed by atoms with E-state index < -0.39 is 25.0 Å². The predicted octanol–water partition coefficient (Wildman–Crippen LogP) is 0.775. The summed E-state index contributed by atoms with van der Waals surface area (Å²) in [5.74, 6) is 0.142. The van der Waals surface area contributed by atoms with Crippen LogP contribution >= 0.6 is 0 Å². The SMILES string of the molecule is Cc1cc(OCCCC(F)(F)F)ccc1[B-](F)(F)F.[K+]. The third-order valence-corrected chi connectivity index (χ3v) is 2.47. The van der Waals surface area contributed by atoms with Crippen LogP contribution in [-0.2, 0) is 0 Å². The summed E-state index contributed by atoms with van der Waals surface area (Å²) in [6.07, 6.45) is -5.45. The third-order valence-electron chi connectivity index (χ3n) is 2.47. The summed E-state index contributed by atoms with van der Waals surface area (Å²) in [7, 11) is 0. The van der Waals surface area contributed by atoms with Gasteiger partial charge in [0.05, 0.1) is 6.61 Å². The van der Waals surface area contributed by atoms with E-state index >= 15 is 0 Å². The standard InChI is InChI=1S/C11H12BF6O.K/c1-8-7-9(3-4-10(8)12(16,17)18)19-6-2-5-11(13,14)15;/h3-4,7H,2,5-6H2,1H3;/q-1;+1. The molecule has 0 fully saturated rings. The maximum Gasteiger partial charge on any atom is 1.00 e. The third kappa shape index (κ3) is 7.35. The van der Waals surface area contributed by atoms with Gasteiger partial charge < -0.3 is 17.7 Å². The fraction of sp³-hybridized carbons (Fsp3) is 0.455. The summed E-state index contributed by atoms with van der Waals surface area (Å²) < 4.78 is 78.1. The van der Waals surface area contributed by atoms with Gasteiger partial charge in [-0.2, -0.15) is 13.2 Å². The monoisotopic (exact) mass is 324 g/mol. The Balaban J connectivity index is 0.00000361. The van der Waals surface area contributed by atoms with Gasteiger partial charge in [-0.15, -0.1) is 5.46 Å². The fourth-order valence-corrected chi connectivity index (χ4v) is 1.57. The second kappa shape index (κ2) is 8.07. The molecule has 0 atom stereocenters. The predicted molar refractivity (Wildman–Crippen MR) is 60.7 cm³/mol. The van der Waals surface area contributed by atoms with Gasteiger partial charge in [0.25, 0.3) is 0 Å². The van der Waals surface area contributed by atoms with Crippen LogP contribution in [0.5, 0.6) is 5.75 Å². The number of halogens is 6. The molecule has 108 valence electrons. The number of aryl methyl sites for hydroxylation is 1. The van der Waals surface area contributed by atoms with E-state index in [0.717, 1.165) is 12.1 Å².